The monoisotopic (exact) mass is 410 g/mol. The second-order valence-corrected chi connectivity index (χ2v) is 7.21. The molecule has 1 amide bonds. The van der Waals surface area contributed by atoms with Gasteiger partial charge in [0.2, 0.25) is 5.91 Å². The molecule has 26 heavy (non-hydrogen) atoms. The maximum atomic E-state index is 11.8. The van der Waals surface area contributed by atoms with Gasteiger partial charge in [0.15, 0.2) is 0 Å². The number of hydrogen-bond donors (Lipinski definition) is 1. The third kappa shape index (κ3) is 6.71. The Morgan fingerprint density at radius 2 is 2.04 bits per heavy atom. The van der Waals surface area contributed by atoms with E-state index < -0.39 is 4.92 Å². The Hall–Kier alpha value is -2.02. The van der Waals surface area contributed by atoms with Crippen molar-refractivity contribution in [2.24, 2.45) is 0 Å². The molecule has 0 saturated carbocycles. The molecule has 0 atom stereocenters. The minimum atomic E-state index is -0.471. The normalized spacial score (nSPS) is 10.8. The van der Waals surface area contributed by atoms with E-state index in [0.717, 1.165) is 17.1 Å². The first-order chi connectivity index (χ1) is 12.5. The van der Waals surface area contributed by atoms with Crippen LogP contribution in [-0.4, -0.2) is 23.1 Å². The van der Waals surface area contributed by atoms with Gasteiger partial charge in [0.1, 0.15) is 0 Å². The van der Waals surface area contributed by atoms with Gasteiger partial charge in [0.05, 0.1) is 4.92 Å². The molecular weight excluding hydrogens is 395 g/mol. The summed E-state index contributed by atoms with van der Waals surface area (Å²) in [5, 5.41) is 14.7. The van der Waals surface area contributed by atoms with Crippen molar-refractivity contribution in [3.63, 3.8) is 0 Å². The van der Waals surface area contributed by atoms with E-state index in [-0.39, 0.29) is 11.6 Å². The molecule has 5 nitrogen and oxygen atoms in total. The molecule has 0 bridgehead atoms. The highest BCUT2D eigenvalue weighted by Crippen LogP contribution is 2.24. The van der Waals surface area contributed by atoms with Gasteiger partial charge in [-0.15, -0.1) is 0 Å². The van der Waals surface area contributed by atoms with E-state index in [9.17, 15) is 14.9 Å². The second kappa shape index (κ2) is 10.2. The van der Waals surface area contributed by atoms with E-state index in [1.807, 2.05) is 6.07 Å². The van der Waals surface area contributed by atoms with Gasteiger partial charge in [0.25, 0.3) is 5.69 Å². The molecule has 0 aliphatic carbocycles. The van der Waals surface area contributed by atoms with Crippen molar-refractivity contribution in [3.05, 3.63) is 79.8 Å². The van der Waals surface area contributed by atoms with Crippen molar-refractivity contribution in [1.82, 2.24) is 5.32 Å². The molecule has 0 fully saturated rings. The zero-order valence-electron chi connectivity index (χ0n) is 13.7. The summed E-state index contributed by atoms with van der Waals surface area (Å²) in [7, 11) is 0. The highest BCUT2D eigenvalue weighted by atomic mass is 35.5. The summed E-state index contributed by atoms with van der Waals surface area (Å²) in [5.74, 6) is 1.21. The number of nitrogens with one attached hydrogen (secondary N) is 1. The number of non-ortho nitro benzene ring substituents is 1. The van der Waals surface area contributed by atoms with Gasteiger partial charge in [-0.3, -0.25) is 14.9 Å². The quantitative estimate of drug-likeness (QED) is 0.288. The standard InChI is InChI=1S/C18H16Cl2N2O3S/c19-15-6-5-14(17(20)11-15)12-26-9-8-21-18(23)7-4-13-2-1-3-16(10-13)22(24)25/h1-7,10-11H,8-9,12H2,(H,21,23)/b7-4+. The minimum Gasteiger partial charge on any atom is -0.352 e. The third-order valence-corrected chi connectivity index (χ3v) is 4.92. The average Bonchev–Trinajstić information content (AvgIpc) is 2.61. The SMILES string of the molecule is O=C(/C=C/c1cccc([N+](=O)[O-])c1)NCCSCc1ccc(Cl)cc1Cl. The van der Waals surface area contributed by atoms with Crippen molar-refractivity contribution in [3.8, 4) is 0 Å². The van der Waals surface area contributed by atoms with Gasteiger partial charge in [-0.2, -0.15) is 11.8 Å². The lowest BCUT2D eigenvalue weighted by atomic mass is 10.2. The van der Waals surface area contributed by atoms with Crippen LogP contribution in [0.15, 0.2) is 48.5 Å². The van der Waals surface area contributed by atoms with E-state index >= 15 is 0 Å². The van der Waals surface area contributed by atoms with E-state index in [1.54, 1.807) is 42.1 Å². The second-order valence-electron chi connectivity index (χ2n) is 5.26. The summed E-state index contributed by atoms with van der Waals surface area (Å²) in [5.41, 5.74) is 1.59. The van der Waals surface area contributed by atoms with Crippen molar-refractivity contribution in [2.75, 3.05) is 12.3 Å². The first-order valence-electron chi connectivity index (χ1n) is 7.68. The van der Waals surface area contributed by atoms with E-state index in [1.165, 1.54) is 18.2 Å². The topological polar surface area (TPSA) is 72.2 Å². The van der Waals surface area contributed by atoms with Gasteiger partial charge in [0, 0.05) is 46.3 Å². The Morgan fingerprint density at radius 1 is 1.23 bits per heavy atom. The number of carbonyl (C=O) groups excluding carboxylic acids is 1. The Labute approximate surface area is 165 Å². The molecule has 2 rings (SSSR count). The predicted octanol–water partition coefficient (Wildman–Crippen LogP) is 4.96. The highest BCUT2D eigenvalue weighted by molar-refractivity contribution is 7.98. The van der Waals surface area contributed by atoms with Crippen molar-refractivity contribution >= 4 is 52.6 Å². The molecule has 0 unspecified atom stereocenters. The maximum absolute atomic E-state index is 11.8. The Morgan fingerprint density at radius 3 is 2.77 bits per heavy atom. The number of nitro groups is 1. The molecular formula is C18H16Cl2N2O3S. The fourth-order valence-electron chi connectivity index (χ4n) is 2.04. The molecule has 0 aromatic heterocycles. The van der Waals surface area contributed by atoms with Crippen LogP contribution in [0.2, 0.25) is 10.0 Å². The average molecular weight is 411 g/mol. The molecule has 2 aromatic carbocycles. The van der Waals surface area contributed by atoms with Crippen molar-refractivity contribution in [2.45, 2.75) is 5.75 Å². The molecule has 0 radical (unpaired) electrons. The molecule has 0 saturated heterocycles. The molecule has 1 N–H and O–H groups in total. The molecule has 136 valence electrons. The predicted molar refractivity (Wildman–Crippen MR) is 108 cm³/mol. The maximum Gasteiger partial charge on any atom is 0.270 e. The van der Waals surface area contributed by atoms with Crippen LogP contribution in [0.25, 0.3) is 6.08 Å². The first-order valence-corrected chi connectivity index (χ1v) is 9.59. The van der Waals surface area contributed by atoms with E-state index in [0.29, 0.717) is 22.2 Å². The Bertz CT molecular complexity index is 828. The number of carbonyl (C=O) groups is 1. The van der Waals surface area contributed by atoms with Gasteiger partial charge in [-0.05, 0) is 29.3 Å². The van der Waals surface area contributed by atoms with Crippen molar-refractivity contribution in [1.29, 1.82) is 0 Å². The smallest absolute Gasteiger partial charge is 0.270 e. The summed E-state index contributed by atoms with van der Waals surface area (Å²) in [6.07, 6.45) is 2.91. The van der Waals surface area contributed by atoms with Gasteiger partial charge < -0.3 is 5.32 Å². The van der Waals surface area contributed by atoms with Crippen LogP contribution in [0.4, 0.5) is 5.69 Å². The number of halogens is 2. The number of thioether (sulfide) groups is 1. The lowest BCUT2D eigenvalue weighted by molar-refractivity contribution is -0.384. The number of benzene rings is 2. The molecule has 2 aromatic rings. The third-order valence-electron chi connectivity index (χ3n) is 3.33. The molecule has 0 spiro atoms. The zero-order chi connectivity index (χ0) is 18.9. The fourth-order valence-corrected chi connectivity index (χ4v) is 3.46. The van der Waals surface area contributed by atoms with Crippen LogP contribution in [0.5, 0.6) is 0 Å². The number of nitrogens with zero attached hydrogens (tertiary/aromatic N) is 1. The van der Waals surface area contributed by atoms with E-state index in [4.69, 9.17) is 23.2 Å². The summed E-state index contributed by atoms with van der Waals surface area (Å²) in [4.78, 5) is 22.0. The fraction of sp³-hybridized carbons (Fsp3) is 0.167. The highest BCUT2D eigenvalue weighted by Gasteiger charge is 2.04. The first kappa shape index (κ1) is 20.3. The number of amides is 1. The van der Waals surface area contributed by atoms with Crippen LogP contribution in [0.3, 0.4) is 0 Å². The summed E-state index contributed by atoms with van der Waals surface area (Å²) in [6.45, 7) is 0.508. The molecule has 0 aliphatic heterocycles. The minimum absolute atomic E-state index is 0.00943. The number of rotatable bonds is 8. The van der Waals surface area contributed by atoms with Gasteiger partial charge >= 0.3 is 0 Å². The summed E-state index contributed by atoms with van der Waals surface area (Å²) < 4.78 is 0. The van der Waals surface area contributed by atoms with E-state index in [2.05, 4.69) is 5.32 Å². The molecule has 0 aliphatic rings. The number of nitro benzene ring substituents is 1. The van der Waals surface area contributed by atoms with Crippen LogP contribution >= 0.6 is 35.0 Å². The van der Waals surface area contributed by atoms with Gasteiger partial charge in [-0.25, -0.2) is 0 Å². The molecule has 8 heteroatoms. The van der Waals surface area contributed by atoms with Crippen LogP contribution < -0.4 is 5.32 Å². The number of hydrogen-bond acceptors (Lipinski definition) is 4. The Balaban J connectivity index is 1.72. The van der Waals surface area contributed by atoms with Crippen LogP contribution in [0, 0.1) is 10.1 Å². The summed E-state index contributed by atoms with van der Waals surface area (Å²) in [6, 6.07) is 11.5. The molecule has 0 heterocycles. The zero-order valence-corrected chi connectivity index (χ0v) is 16.0. The van der Waals surface area contributed by atoms with Crippen LogP contribution in [0.1, 0.15) is 11.1 Å². The lowest BCUT2D eigenvalue weighted by Gasteiger charge is -2.05. The summed E-state index contributed by atoms with van der Waals surface area (Å²) >= 11 is 13.6. The Kier molecular flexibility index (Phi) is 7.97. The van der Waals surface area contributed by atoms with Crippen LogP contribution in [-0.2, 0) is 10.5 Å². The largest absolute Gasteiger partial charge is 0.352 e. The van der Waals surface area contributed by atoms with Gasteiger partial charge in [-0.1, -0.05) is 41.4 Å². The van der Waals surface area contributed by atoms with Crippen molar-refractivity contribution < 1.29 is 9.72 Å². The lowest BCUT2D eigenvalue weighted by Crippen LogP contribution is -2.23.